The fraction of sp³-hybridized carbons (Fsp3) is 0.235. The van der Waals surface area contributed by atoms with Gasteiger partial charge in [0.1, 0.15) is 17.4 Å². The molecule has 0 fully saturated rings. The van der Waals surface area contributed by atoms with Crippen LogP contribution >= 0.6 is 11.6 Å². The van der Waals surface area contributed by atoms with E-state index in [0.717, 1.165) is 23.0 Å². The molecule has 0 saturated heterocycles. The first-order valence-electron chi connectivity index (χ1n) is 13.9. The maximum atomic E-state index is 13.9. The van der Waals surface area contributed by atoms with E-state index in [1.54, 1.807) is 38.1 Å². The number of ether oxygens (including phenoxy) is 1. The van der Waals surface area contributed by atoms with Crippen LogP contribution in [0.5, 0.6) is 5.75 Å². The Labute approximate surface area is 249 Å². The number of H-pyrrole nitrogens is 1. The Hall–Kier alpha value is -4.20. The van der Waals surface area contributed by atoms with E-state index in [0.29, 0.717) is 50.8 Å². The number of methoxy groups -OCH3 is 1. The molecule has 5 rings (SSSR count). The van der Waals surface area contributed by atoms with E-state index in [4.69, 9.17) is 21.3 Å². The summed E-state index contributed by atoms with van der Waals surface area (Å²) in [5.41, 5.74) is 4.17. The Kier molecular flexibility index (Phi) is 8.34. The number of hydrogen-bond acceptors (Lipinski definition) is 4. The molecule has 0 radical (unpaired) electrons. The number of nitrogens with one attached hydrogen (secondary N) is 2. The Morgan fingerprint density at radius 1 is 1.07 bits per heavy atom. The molecule has 1 heterocycles. The van der Waals surface area contributed by atoms with E-state index in [2.05, 4.69) is 10.3 Å². The van der Waals surface area contributed by atoms with Gasteiger partial charge >= 0.3 is 0 Å². The van der Waals surface area contributed by atoms with Gasteiger partial charge in [-0.3, -0.25) is 4.79 Å². The van der Waals surface area contributed by atoms with E-state index >= 15 is 0 Å². The number of aromatic nitrogens is 2. The number of imidazole rings is 1. The van der Waals surface area contributed by atoms with Gasteiger partial charge in [-0.2, -0.15) is 0 Å². The molecule has 0 spiro atoms. The van der Waals surface area contributed by atoms with E-state index in [9.17, 15) is 14.3 Å². The molecule has 216 valence electrons. The van der Waals surface area contributed by atoms with Crippen LogP contribution in [0.4, 0.5) is 4.39 Å². The maximum Gasteiger partial charge on any atom is 0.251 e. The summed E-state index contributed by atoms with van der Waals surface area (Å²) >= 11 is 6.81. The highest BCUT2D eigenvalue weighted by Gasteiger charge is 2.27. The van der Waals surface area contributed by atoms with Crippen LogP contribution in [0.15, 0.2) is 78.9 Å². The number of hydrogen-bond donors (Lipinski definition) is 3. The fourth-order valence-corrected chi connectivity index (χ4v) is 5.57. The monoisotopic (exact) mass is 585 g/mol. The number of benzene rings is 4. The number of rotatable bonds is 9. The highest BCUT2D eigenvalue weighted by Crippen LogP contribution is 2.42. The first-order chi connectivity index (χ1) is 20.1. The summed E-state index contributed by atoms with van der Waals surface area (Å²) in [5, 5.41) is 14.9. The zero-order chi connectivity index (χ0) is 30.0. The molecule has 4 aromatic carbocycles. The standard InChI is InChI=1S/C34H33ClFN3O3/c1-5-9-27(23-17-15-21(36)19-30(23)42-4)39-33(40)20-14-16-22(25(18-20)34(2,3)41)31-24(10-8-11-26(31)35)32-37-28-12-6-7-13-29(28)38-32/h6-8,10-19,27,41H,5,9H2,1-4H3,(H,37,38)(H,39,40). The van der Waals surface area contributed by atoms with Gasteiger partial charge in [-0.25, -0.2) is 9.37 Å². The lowest BCUT2D eigenvalue weighted by molar-refractivity contribution is 0.0790. The first kappa shape index (κ1) is 29.3. The van der Waals surface area contributed by atoms with Gasteiger partial charge in [0, 0.05) is 33.3 Å². The topological polar surface area (TPSA) is 87.2 Å². The minimum Gasteiger partial charge on any atom is -0.496 e. The second-order valence-corrected chi connectivity index (χ2v) is 11.2. The molecular weight excluding hydrogens is 553 g/mol. The van der Waals surface area contributed by atoms with Crippen molar-refractivity contribution >= 4 is 28.5 Å². The Bertz CT molecular complexity index is 1730. The van der Waals surface area contributed by atoms with Gasteiger partial charge in [0.25, 0.3) is 5.91 Å². The molecule has 0 bridgehead atoms. The Morgan fingerprint density at radius 3 is 2.57 bits per heavy atom. The molecule has 3 N–H and O–H groups in total. The van der Waals surface area contributed by atoms with Crippen LogP contribution in [0.3, 0.4) is 0 Å². The van der Waals surface area contributed by atoms with Crippen molar-refractivity contribution in [2.75, 3.05) is 7.11 Å². The molecule has 8 heteroatoms. The van der Waals surface area contributed by atoms with Crippen LogP contribution in [0, 0.1) is 5.82 Å². The number of fused-ring (bicyclic) bond motifs is 1. The van der Waals surface area contributed by atoms with Crippen molar-refractivity contribution in [1.82, 2.24) is 15.3 Å². The predicted molar refractivity (Wildman–Crippen MR) is 165 cm³/mol. The highest BCUT2D eigenvalue weighted by atomic mass is 35.5. The molecule has 0 aliphatic heterocycles. The maximum absolute atomic E-state index is 13.9. The van der Waals surface area contributed by atoms with Crippen molar-refractivity contribution in [2.24, 2.45) is 0 Å². The lowest BCUT2D eigenvalue weighted by Gasteiger charge is -2.25. The summed E-state index contributed by atoms with van der Waals surface area (Å²) < 4.78 is 19.3. The minimum atomic E-state index is -1.31. The van der Waals surface area contributed by atoms with Gasteiger partial charge < -0.3 is 20.1 Å². The summed E-state index contributed by atoms with van der Waals surface area (Å²) in [6, 6.07) is 22.5. The van der Waals surface area contributed by atoms with E-state index in [1.807, 2.05) is 49.4 Å². The van der Waals surface area contributed by atoms with Crippen molar-refractivity contribution in [1.29, 1.82) is 0 Å². The lowest BCUT2D eigenvalue weighted by atomic mass is 9.86. The molecule has 0 saturated carbocycles. The molecule has 5 aromatic rings. The highest BCUT2D eigenvalue weighted by molar-refractivity contribution is 6.34. The van der Waals surface area contributed by atoms with E-state index in [-0.39, 0.29) is 5.91 Å². The fourth-order valence-electron chi connectivity index (χ4n) is 5.29. The van der Waals surface area contributed by atoms with Crippen LogP contribution in [0.1, 0.15) is 61.1 Å². The second kappa shape index (κ2) is 12.0. The summed E-state index contributed by atoms with van der Waals surface area (Å²) in [4.78, 5) is 21.7. The minimum absolute atomic E-state index is 0.325. The molecule has 1 unspecified atom stereocenters. The Morgan fingerprint density at radius 2 is 1.86 bits per heavy atom. The number of aromatic amines is 1. The summed E-state index contributed by atoms with van der Waals surface area (Å²) in [6.07, 6.45) is 1.42. The lowest BCUT2D eigenvalue weighted by Crippen LogP contribution is -2.29. The number of para-hydroxylation sites is 2. The number of carbonyl (C=O) groups excluding carboxylic acids is 1. The third-order valence-electron chi connectivity index (χ3n) is 7.32. The Balaban J connectivity index is 1.57. The molecule has 6 nitrogen and oxygen atoms in total. The molecule has 0 aliphatic rings. The number of aliphatic hydroxyl groups is 1. The van der Waals surface area contributed by atoms with E-state index < -0.39 is 17.5 Å². The van der Waals surface area contributed by atoms with Gasteiger partial charge in [-0.1, -0.05) is 61.3 Å². The van der Waals surface area contributed by atoms with Crippen molar-refractivity contribution < 1.29 is 19.0 Å². The van der Waals surface area contributed by atoms with E-state index in [1.165, 1.54) is 19.2 Å². The number of nitrogens with zero attached hydrogens (tertiary/aromatic N) is 1. The van der Waals surface area contributed by atoms with Gasteiger partial charge in [0.2, 0.25) is 0 Å². The molecule has 1 atom stereocenters. The average molecular weight is 586 g/mol. The average Bonchev–Trinajstić information content (AvgIpc) is 3.40. The van der Waals surface area contributed by atoms with Crippen LogP contribution < -0.4 is 10.1 Å². The largest absolute Gasteiger partial charge is 0.496 e. The van der Waals surface area contributed by atoms with Crippen molar-refractivity contribution in [2.45, 2.75) is 45.3 Å². The van der Waals surface area contributed by atoms with Crippen LogP contribution in [0.2, 0.25) is 5.02 Å². The van der Waals surface area contributed by atoms with Crippen molar-refractivity contribution in [3.8, 4) is 28.3 Å². The number of amides is 1. The van der Waals surface area contributed by atoms with Crippen molar-refractivity contribution in [3.05, 3.63) is 106 Å². The zero-order valence-electron chi connectivity index (χ0n) is 24.0. The second-order valence-electron chi connectivity index (χ2n) is 10.8. The SMILES string of the molecule is CCCC(NC(=O)c1ccc(-c2c(Cl)cccc2-c2nc3ccccc3[nH]2)c(C(C)(C)O)c1)c1ccc(F)cc1OC. The molecule has 1 amide bonds. The quantitative estimate of drug-likeness (QED) is 0.163. The van der Waals surface area contributed by atoms with Gasteiger partial charge in [0.15, 0.2) is 0 Å². The summed E-state index contributed by atoms with van der Waals surface area (Å²) in [5.74, 6) is 0.281. The van der Waals surface area contributed by atoms with Gasteiger partial charge in [-0.15, -0.1) is 0 Å². The van der Waals surface area contributed by atoms with Gasteiger partial charge in [-0.05, 0) is 67.8 Å². The summed E-state index contributed by atoms with van der Waals surface area (Å²) in [7, 11) is 1.48. The van der Waals surface area contributed by atoms with Crippen LogP contribution in [-0.4, -0.2) is 28.1 Å². The third-order valence-corrected chi connectivity index (χ3v) is 7.64. The predicted octanol–water partition coefficient (Wildman–Crippen LogP) is 8.20. The molecular formula is C34H33ClFN3O3. The van der Waals surface area contributed by atoms with Crippen molar-refractivity contribution in [3.63, 3.8) is 0 Å². The van der Waals surface area contributed by atoms with Crippen LogP contribution in [-0.2, 0) is 5.60 Å². The molecule has 0 aliphatic carbocycles. The smallest absolute Gasteiger partial charge is 0.251 e. The molecule has 42 heavy (non-hydrogen) atoms. The summed E-state index contributed by atoms with van der Waals surface area (Å²) in [6.45, 7) is 5.36. The normalized spacial score (nSPS) is 12.4. The zero-order valence-corrected chi connectivity index (χ0v) is 24.7. The van der Waals surface area contributed by atoms with Gasteiger partial charge in [0.05, 0.1) is 29.8 Å². The first-order valence-corrected chi connectivity index (χ1v) is 14.2. The molecule has 1 aromatic heterocycles. The third kappa shape index (κ3) is 5.89. The van der Waals surface area contributed by atoms with Crippen LogP contribution in [0.25, 0.3) is 33.5 Å². The number of halogens is 2. The number of carbonyl (C=O) groups is 1.